The van der Waals surface area contributed by atoms with Gasteiger partial charge in [0.15, 0.2) is 0 Å². The summed E-state index contributed by atoms with van der Waals surface area (Å²) in [6.45, 7) is 3.85. The third kappa shape index (κ3) is 3.18. The van der Waals surface area contributed by atoms with Crippen molar-refractivity contribution in [1.29, 1.82) is 0 Å². The molecule has 3 N–H and O–H groups in total. The third-order valence-electron chi connectivity index (χ3n) is 3.76. The number of carbonyl (C=O) groups excluding carboxylic acids is 1. The summed E-state index contributed by atoms with van der Waals surface area (Å²) >= 11 is 0. The molecule has 0 radical (unpaired) electrons. The smallest absolute Gasteiger partial charge is 0.239 e. The zero-order valence-corrected chi connectivity index (χ0v) is 10.3. The van der Waals surface area contributed by atoms with Gasteiger partial charge in [0.1, 0.15) is 6.04 Å². The Morgan fingerprint density at radius 1 is 1.53 bits per heavy atom. The Morgan fingerprint density at radius 2 is 2.35 bits per heavy atom. The second-order valence-electron chi connectivity index (χ2n) is 5.01. The highest BCUT2D eigenvalue weighted by molar-refractivity contribution is 5.82. The van der Waals surface area contributed by atoms with Crippen molar-refractivity contribution in [1.82, 2.24) is 10.6 Å². The summed E-state index contributed by atoms with van der Waals surface area (Å²) in [7, 11) is 0. The number of hydrogen-bond donors (Lipinski definition) is 3. The van der Waals surface area contributed by atoms with Crippen LogP contribution in [0.4, 0.5) is 0 Å². The average Bonchev–Trinajstić information content (AvgIpc) is 2.72. The number of ether oxygens (including phenoxy) is 1. The van der Waals surface area contributed by atoms with Crippen LogP contribution in [-0.4, -0.2) is 49.0 Å². The van der Waals surface area contributed by atoms with Gasteiger partial charge in [-0.05, 0) is 19.8 Å². The maximum absolute atomic E-state index is 11.9. The molecule has 0 bridgehead atoms. The van der Waals surface area contributed by atoms with E-state index in [0.717, 1.165) is 19.3 Å². The molecule has 1 saturated heterocycles. The predicted octanol–water partition coefficient (Wildman–Crippen LogP) is -0.359. The monoisotopic (exact) mass is 242 g/mol. The van der Waals surface area contributed by atoms with Crippen molar-refractivity contribution < 1.29 is 14.6 Å². The first-order chi connectivity index (χ1) is 8.18. The molecule has 17 heavy (non-hydrogen) atoms. The van der Waals surface area contributed by atoms with Crippen molar-refractivity contribution in [3.63, 3.8) is 0 Å². The number of aliphatic hydroxyl groups is 1. The molecule has 1 saturated carbocycles. The molecule has 1 heterocycles. The fourth-order valence-corrected chi connectivity index (χ4v) is 2.62. The number of rotatable bonds is 3. The van der Waals surface area contributed by atoms with Crippen molar-refractivity contribution >= 4 is 5.91 Å². The van der Waals surface area contributed by atoms with Crippen LogP contribution in [0.1, 0.15) is 26.2 Å². The minimum atomic E-state index is -0.262. The van der Waals surface area contributed by atoms with E-state index in [-0.39, 0.29) is 30.1 Å². The number of morpholine rings is 1. The van der Waals surface area contributed by atoms with Gasteiger partial charge < -0.3 is 20.5 Å². The Morgan fingerprint density at radius 3 is 3.00 bits per heavy atom. The number of nitrogens with one attached hydrogen (secondary N) is 2. The molecule has 2 rings (SSSR count). The van der Waals surface area contributed by atoms with Crippen molar-refractivity contribution in [3.05, 3.63) is 0 Å². The summed E-state index contributed by atoms with van der Waals surface area (Å²) in [6, 6.07) is -0.262. The number of aliphatic hydroxyl groups excluding tert-OH is 1. The Kier molecular flexibility index (Phi) is 4.36. The fourth-order valence-electron chi connectivity index (χ4n) is 2.62. The maximum Gasteiger partial charge on any atom is 0.239 e. The van der Waals surface area contributed by atoms with E-state index in [1.807, 2.05) is 6.92 Å². The SMILES string of the molecule is C[C@H]1OCCN[C@@H]1C(=O)NCC1CCCC1O. The Balaban J connectivity index is 1.76. The lowest BCUT2D eigenvalue weighted by Crippen LogP contribution is -2.56. The van der Waals surface area contributed by atoms with Crippen molar-refractivity contribution in [2.75, 3.05) is 19.7 Å². The molecule has 2 aliphatic rings. The number of carbonyl (C=O) groups is 1. The average molecular weight is 242 g/mol. The lowest BCUT2D eigenvalue weighted by molar-refractivity contribution is -0.129. The summed E-state index contributed by atoms with van der Waals surface area (Å²) in [5.74, 6) is 0.204. The second-order valence-corrected chi connectivity index (χ2v) is 5.01. The van der Waals surface area contributed by atoms with Crippen LogP contribution in [0.25, 0.3) is 0 Å². The van der Waals surface area contributed by atoms with Gasteiger partial charge in [0.05, 0.1) is 18.8 Å². The van der Waals surface area contributed by atoms with E-state index in [1.54, 1.807) is 0 Å². The van der Waals surface area contributed by atoms with Gasteiger partial charge in [0.2, 0.25) is 5.91 Å². The topological polar surface area (TPSA) is 70.6 Å². The molecule has 5 heteroatoms. The Labute approximate surface area is 102 Å². The van der Waals surface area contributed by atoms with E-state index >= 15 is 0 Å². The third-order valence-corrected chi connectivity index (χ3v) is 3.76. The number of hydrogen-bond acceptors (Lipinski definition) is 4. The van der Waals surface area contributed by atoms with E-state index < -0.39 is 0 Å². The lowest BCUT2D eigenvalue weighted by atomic mass is 10.1. The van der Waals surface area contributed by atoms with Crippen LogP contribution in [-0.2, 0) is 9.53 Å². The first kappa shape index (κ1) is 12.8. The van der Waals surface area contributed by atoms with Crippen LogP contribution in [0.5, 0.6) is 0 Å². The fraction of sp³-hybridized carbons (Fsp3) is 0.917. The van der Waals surface area contributed by atoms with Crippen LogP contribution >= 0.6 is 0 Å². The van der Waals surface area contributed by atoms with Crippen molar-refractivity contribution in [2.24, 2.45) is 5.92 Å². The quantitative estimate of drug-likeness (QED) is 0.632. The molecule has 0 aromatic heterocycles. The molecule has 2 unspecified atom stereocenters. The van der Waals surface area contributed by atoms with Gasteiger partial charge in [-0.25, -0.2) is 0 Å². The minimum Gasteiger partial charge on any atom is -0.393 e. The van der Waals surface area contributed by atoms with Gasteiger partial charge in [-0.1, -0.05) is 6.42 Å². The molecular formula is C12H22N2O3. The lowest BCUT2D eigenvalue weighted by Gasteiger charge is -2.29. The molecule has 0 spiro atoms. The summed E-state index contributed by atoms with van der Waals surface area (Å²) < 4.78 is 5.43. The zero-order valence-electron chi connectivity index (χ0n) is 10.3. The van der Waals surface area contributed by atoms with E-state index in [4.69, 9.17) is 4.74 Å². The highest BCUT2D eigenvalue weighted by Gasteiger charge is 2.30. The molecule has 1 amide bonds. The highest BCUT2D eigenvalue weighted by Crippen LogP contribution is 2.24. The van der Waals surface area contributed by atoms with Crippen LogP contribution < -0.4 is 10.6 Å². The predicted molar refractivity (Wildman–Crippen MR) is 63.6 cm³/mol. The van der Waals surface area contributed by atoms with Gasteiger partial charge in [-0.3, -0.25) is 4.79 Å². The molecule has 0 aromatic rings. The summed E-state index contributed by atoms with van der Waals surface area (Å²) in [5.41, 5.74) is 0. The van der Waals surface area contributed by atoms with Gasteiger partial charge in [-0.2, -0.15) is 0 Å². The van der Waals surface area contributed by atoms with Crippen LogP contribution in [0.2, 0.25) is 0 Å². The summed E-state index contributed by atoms with van der Waals surface area (Å²) in [6.07, 6.45) is 2.59. The molecule has 4 atom stereocenters. The minimum absolute atomic E-state index is 0.0173. The largest absolute Gasteiger partial charge is 0.393 e. The van der Waals surface area contributed by atoms with Gasteiger partial charge in [0.25, 0.3) is 0 Å². The number of amides is 1. The molecule has 2 fully saturated rings. The normalized spacial score (nSPS) is 38.0. The van der Waals surface area contributed by atoms with Crippen molar-refractivity contribution in [2.45, 2.75) is 44.4 Å². The molecule has 0 aromatic carbocycles. The maximum atomic E-state index is 11.9. The van der Waals surface area contributed by atoms with E-state index in [2.05, 4.69) is 10.6 Å². The zero-order chi connectivity index (χ0) is 12.3. The first-order valence-corrected chi connectivity index (χ1v) is 6.49. The summed E-state index contributed by atoms with van der Waals surface area (Å²) in [4.78, 5) is 11.9. The van der Waals surface area contributed by atoms with Crippen LogP contribution in [0.3, 0.4) is 0 Å². The standard InChI is InChI=1S/C12H22N2O3/c1-8-11(13-5-6-17-8)12(16)14-7-9-3-2-4-10(9)15/h8-11,13,15H,2-7H2,1H3,(H,14,16)/t8-,9?,10?,11+/m1/s1. The molecule has 1 aliphatic carbocycles. The molecular weight excluding hydrogens is 220 g/mol. The van der Waals surface area contributed by atoms with Gasteiger partial charge in [0, 0.05) is 19.0 Å². The molecule has 1 aliphatic heterocycles. The molecule has 98 valence electrons. The van der Waals surface area contributed by atoms with Crippen LogP contribution in [0.15, 0.2) is 0 Å². The Bertz CT molecular complexity index is 272. The second kappa shape index (κ2) is 5.80. The van der Waals surface area contributed by atoms with Crippen molar-refractivity contribution in [3.8, 4) is 0 Å². The molecule has 5 nitrogen and oxygen atoms in total. The Hall–Kier alpha value is -0.650. The highest BCUT2D eigenvalue weighted by atomic mass is 16.5. The summed E-state index contributed by atoms with van der Waals surface area (Å²) in [5, 5.41) is 15.7. The van der Waals surface area contributed by atoms with Gasteiger partial charge >= 0.3 is 0 Å². The van der Waals surface area contributed by atoms with E-state index in [0.29, 0.717) is 19.7 Å². The first-order valence-electron chi connectivity index (χ1n) is 6.49. The van der Waals surface area contributed by atoms with E-state index in [1.165, 1.54) is 0 Å². The van der Waals surface area contributed by atoms with Gasteiger partial charge in [-0.15, -0.1) is 0 Å². The van der Waals surface area contributed by atoms with E-state index in [9.17, 15) is 9.90 Å². The van der Waals surface area contributed by atoms with Crippen LogP contribution in [0, 0.1) is 5.92 Å².